The van der Waals surface area contributed by atoms with Crippen molar-refractivity contribution in [2.24, 2.45) is 0 Å². The first kappa shape index (κ1) is 32.4. The Bertz CT molecular complexity index is 1390. The molecule has 0 aromatic heterocycles. The third-order valence-corrected chi connectivity index (χ3v) is 5.82. The van der Waals surface area contributed by atoms with Gasteiger partial charge < -0.3 is 28.4 Å². The van der Waals surface area contributed by atoms with Gasteiger partial charge in [0.15, 0.2) is 0 Å². The van der Waals surface area contributed by atoms with Gasteiger partial charge in [-0.3, -0.25) is 4.79 Å². The number of carbonyl (C=O) groups excluding carboxylic acids is 4. The number of carbonyl (C=O) groups is 4. The Kier molecular flexibility index (Phi) is 12.8. The smallest absolute Gasteiger partial charge is 0.343 e. The summed E-state index contributed by atoms with van der Waals surface area (Å²) in [6, 6.07) is 17.7. The minimum absolute atomic E-state index is 0.220. The van der Waals surface area contributed by atoms with Crippen molar-refractivity contribution in [2.75, 3.05) is 26.4 Å². The fourth-order valence-corrected chi connectivity index (χ4v) is 3.52. The third kappa shape index (κ3) is 11.0. The van der Waals surface area contributed by atoms with Crippen LogP contribution < -0.4 is 18.9 Å². The van der Waals surface area contributed by atoms with Crippen LogP contribution in [0.1, 0.15) is 52.5 Å². The Hall–Kier alpha value is -5.12. The number of ether oxygens (including phenoxy) is 6. The first-order valence-electron chi connectivity index (χ1n) is 13.7. The van der Waals surface area contributed by atoms with E-state index in [0.717, 1.165) is 6.08 Å². The molecule has 10 heteroatoms. The van der Waals surface area contributed by atoms with Gasteiger partial charge in [-0.25, -0.2) is 14.4 Å². The van der Waals surface area contributed by atoms with Crippen molar-refractivity contribution >= 4 is 23.9 Å². The molecule has 0 fully saturated rings. The van der Waals surface area contributed by atoms with E-state index in [1.807, 2.05) is 0 Å². The lowest BCUT2D eigenvalue weighted by Crippen LogP contribution is -2.11. The lowest BCUT2D eigenvalue weighted by Gasteiger charge is -2.11. The zero-order valence-electron chi connectivity index (χ0n) is 24.2. The van der Waals surface area contributed by atoms with Crippen LogP contribution in [-0.2, 0) is 19.1 Å². The Labute approximate surface area is 250 Å². The van der Waals surface area contributed by atoms with E-state index >= 15 is 0 Å². The van der Waals surface area contributed by atoms with Crippen LogP contribution in [0.2, 0.25) is 0 Å². The highest BCUT2D eigenvalue weighted by molar-refractivity contribution is 5.92. The van der Waals surface area contributed by atoms with E-state index in [1.165, 1.54) is 0 Å². The van der Waals surface area contributed by atoms with E-state index in [9.17, 15) is 19.2 Å². The quantitative estimate of drug-likeness (QED) is 0.0894. The van der Waals surface area contributed by atoms with Crippen LogP contribution in [0, 0.1) is 6.92 Å². The highest BCUT2D eigenvalue weighted by atomic mass is 16.5. The van der Waals surface area contributed by atoms with E-state index in [1.54, 1.807) is 80.6 Å². The first-order chi connectivity index (χ1) is 20.8. The van der Waals surface area contributed by atoms with Gasteiger partial charge in [0.1, 0.15) is 23.0 Å². The maximum absolute atomic E-state index is 12.6. The molecule has 0 bridgehead atoms. The average molecular weight is 591 g/mol. The number of hydrogen-bond acceptors (Lipinski definition) is 10. The van der Waals surface area contributed by atoms with Gasteiger partial charge in [0.05, 0.1) is 37.6 Å². The molecule has 3 rings (SSSR count). The molecule has 0 saturated carbocycles. The van der Waals surface area contributed by atoms with Crippen LogP contribution in [0.15, 0.2) is 79.4 Å². The molecule has 43 heavy (non-hydrogen) atoms. The molecule has 0 aliphatic carbocycles. The van der Waals surface area contributed by atoms with Crippen molar-refractivity contribution in [1.29, 1.82) is 0 Å². The monoisotopic (exact) mass is 590 g/mol. The molecule has 0 spiro atoms. The molecular weight excluding hydrogens is 556 g/mol. The summed E-state index contributed by atoms with van der Waals surface area (Å²) in [6.07, 6.45) is 2.50. The second-order valence-electron chi connectivity index (χ2n) is 9.10. The molecule has 0 aliphatic rings. The second kappa shape index (κ2) is 17.0. The van der Waals surface area contributed by atoms with Crippen LogP contribution in [-0.4, -0.2) is 50.3 Å². The molecule has 0 aliphatic heterocycles. The van der Waals surface area contributed by atoms with Gasteiger partial charge in [-0.15, -0.1) is 0 Å². The van der Waals surface area contributed by atoms with Gasteiger partial charge in [0, 0.05) is 25.3 Å². The molecule has 0 radical (unpaired) electrons. The molecule has 0 amide bonds. The molecule has 0 N–H and O–H groups in total. The largest absolute Gasteiger partial charge is 0.493 e. The van der Waals surface area contributed by atoms with Gasteiger partial charge >= 0.3 is 23.9 Å². The summed E-state index contributed by atoms with van der Waals surface area (Å²) in [5.41, 5.74) is 1.26. The standard InChI is InChI=1S/C33H34O10/c1-4-30(34)40-20-6-18-38-26-12-8-24(9-13-26)32(36)42-28-16-17-29(23(3)22-28)43-33(37)25-10-14-27(15-11-25)39-19-7-21-41-31(35)5-2/h5,8-17,22H,2,4,6-7,18-21H2,1,3H3. The van der Waals surface area contributed by atoms with Gasteiger partial charge in [0.2, 0.25) is 0 Å². The van der Waals surface area contributed by atoms with Crippen LogP contribution >= 0.6 is 0 Å². The van der Waals surface area contributed by atoms with Crippen LogP contribution in [0.25, 0.3) is 0 Å². The summed E-state index contributed by atoms with van der Waals surface area (Å²) in [4.78, 5) is 47.4. The fourth-order valence-electron chi connectivity index (χ4n) is 3.52. The van der Waals surface area contributed by atoms with Crippen LogP contribution in [0.4, 0.5) is 0 Å². The molecule has 0 heterocycles. The summed E-state index contributed by atoms with van der Waals surface area (Å²) >= 11 is 0. The van der Waals surface area contributed by atoms with Crippen LogP contribution in [0.3, 0.4) is 0 Å². The molecule has 0 atom stereocenters. The third-order valence-electron chi connectivity index (χ3n) is 5.82. The predicted molar refractivity (Wildman–Crippen MR) is 157 cm³/mol. The Morgan fingerprint density at radius 1 is 0.674 bits per heavy atom. The topological polar surface area (TPSA) is 124 Å². The van der Waals surface area contributed by atoms with Gasteiger partial charge in [-0.05, 0) is 79.2 Å². The number of benzene rings is 3. The summed E-state index contributed by atoms with van der Waals surface area (Å²) in [5.74, 6) is -0.0854. The maximum atomic E-state index is 12.6. The number of esters is 4. The predicted octanol–water partition coefficient (Wildman–Crippen LogP) is 5.65. The number of rotatable bonds is 16. The Balaban J connectivity index is 1.45. The van der Waals surface area contributed by atoms with Gasteiger partial charge in [-0.1, -0.05) is 13.5 Å². The SMILES string of the molecule is C=CC(=O)OCCCOc1ccc(C(=O)Oc2ccc(OC(=O)c3ccc(OCCCOC(=O)CC)cc3)cc2C)cc1. The Morgan fingerprint density at radius 3 is 1.70 bits per heavy atom. The maximum Gasteiger partial charge on any atom is 0.343 e. The van der Waals surface area contributed by atoms with E-state index in [-0.39, 0.29) is 19.2 Å². The summed E-state index contributed by atoms with van der Waals surface area (Å²) in [5, 5.41) is 0. The van der Waals surface area contributed by atoms with Crippen molar-refractivity contribution in [1.82, 2.24) is 0 Å². The molecule has 0 saturated heterocycles. The van der Waals surface area contributed by atoms with E-state index in [2.05, 4.69) is 6.58 Å². The van der Waals surface area contributed by atoms with E-state index in [0.29, 0.717) is 72.2 Å². The van der Waals surface area contributed by atoms with Crippen molar-refractivity contribution in [3.63, 3.8) is 0 Å². The lowest BCUT2D eigenvalue weighted by molar-refractivity contribution is -0.143. The van der Waals surface area contributed by atoms with E-state index in [4.69, 9.17) is 28.4 Å². The van der Waals surface area contributed by atoms with Gasteiger partial charge in [0.25, 0.3) is 0 Å². The summed E-state index contributed by atoms with van der Waals surface area (Å²) < 4.78 is 32.1. The van der Waals surface area contributed by atoms with Crippen LogP contribution in [0.5, 0.6) is 23.0 Å². The molecule has 226 valence electrons. The molecule has 3 aromatic rings. The molecule has 0 unspecified atom stereocenters. The van der Waals surface area contributed by atoms with Crippen molar-refractivity contribution in [3.05, 3.63) is 96.1 Å². The van der Waals surface area contributed by atoms with Gasteiger partial charge in [-0.2, -0.15) is 0 Å². The minimum atomic E-state index is -0.556. The summed E-state index contributed by atoms with van der Waals surface area (Å²) in [6.45, 7) is 8.01. The van der Waals surface area contributed by atoms with Crippen molar-refractivity contribution < 1.29 is 47.6 Å². The average Bonchev–Trinajstić information content (AvgIpc) is 3.02. The minimum Gasteiger partial charge on any atom is -0.493 e. The molecule has 3 aromatic carbocycles. The highest BCUT2D eigenvalue weighted by Crippen LogP contribution is 2.26. The molecule has 10 nitrogen and oxygen atoms in total. The number of aryl methyl sites for hydroxylation is 1. The fraction of sp³-hybridized carbons (Fsp3) is 0.273. The molecular formula is C33H34O10. The second-order valence-corrected chi connectivity index (χ2v) is 9.10. The zero-order chi connectivity index (χ0) is 31.0. The normalized spacial score (nSPS) is 10.3. The van der Waals surface area contributed by atoms with Crippen molar-refractivity contribution in [3.8, 4) is 23.0 Å². The first-order valence-corrected chi connectivity index (χ1v) is 13.7. The van der Waals surface area contributed by atoms with E-state index < -0.39 is 17.9 Å². The Morgan fingerprint density at radius 2 is 1.19 bits per heavy atom. The lowest BCUT2D eigenvalue weighted by atomic mass is 10.2. The highest BCUT2D eigenvalue weighted by Gasteiger charge is 2.14. The van der Waals surface area contributed by atoms with Crippen molar-refractivity contribution in [2.45, 2.75) is 33.1 Å². The zero-order valence-corrected chi connectivity index (χ0v) is 24.2. The summed E-state index contributed by atoms with van der Waals surface area (Å²) in [7, 11) is 0. The number of hydrogen-bond donors (Lipinski definition) is 0.